The fourth-order valence-electron chi connectivity index (χ4n) is 2.26. The van der Waals surface area contributed by atoms with Crippen molar-refractivity contribution >= 4 is 23.3 Å². The summed E-state index contributed by atoms with van der Waals surface area (Å²) in [5, 5.41) is 33.7. The number of aromatic carboxylic acids is 1. The molecular weight excluding hydrogens is 304 g/mol. The van der Waals surface area contributed by atoms with Gasteiger partial charge in [0.1, 0.15) is 0 Å². The highest BCUT2D eigenvalue weighted by atomic mass is 16.5. The normalized spacial score (nSPS) is 11.5. The first-order chi connectivity index (χ1) is 10.9. The molecule has 2 aromatic carbocycles. The summed E-state index contributed by atoms with van der Waals surface area (Å²) < 4.78 is 5.56. The van der Waals surface area contributed by atoms with Crippen LogP contribution in [0.4, 0.5) is 11.4 Å². The van der Waals surface area contributed by atoms with Gasteiger partial charge in [-0.1, -0.05) is 0 Å². The Bertz CT molecular complexity index is 846. The number of carbonyl (C=O) groups excluding carboxylic acids is 1. The second kappa shape index (κ2) is 5.09. The van der Waals surface area contributed by atoms with Gasteiger partial charge in [-0.05, 0) is 12.1 Å². The first-order valence-electron chi connectivity index (χ1n) is 6.55. The minimum Gasteiger partial charge on any atom is -0.504 e. The number of nitrogens with one attached hydrogen (secondary N) is 2. The van der Waals surface area contributed by atoms with Crippen molar-refractivity contribution in [1.82, 2.24) is 5.32 Å². The molecule has 0 atom stereocenters. The number of amides is 1. The standard InChI is InChI=1S/C15H12N2O6/c1-16-14(20)6-2-7(15(21)22)13-12(3-6)23-11-5-10(19)9(18)4-8(11)17-13/h2-5,17-19H,1H3,(H,16,20)(H,21,22). The number of carbonyl (C=O) groups is 2. The third-order valence-electron chi connectivity index (χ3n) is 3.38. The number of aromatic hydroxyl groups is 2. The smallest absolute Gasteiger partial charge is 0.337 e. The van der Waals surface area contributed by atoms with Gasteiger partial charge in [-0.15, -0.1) is 0 Å². The fourth-order valence-corrected chi connectivity index (χ4v) is 2.26. The molecule has 0 saturated carbocycles. The summed E-state index contributed by atoms with van der Waals surface area (Å²) in [4.78, 5) is 23.2. The molecule has 0 bridgehead atoms. The lowest BCUT2D eigenvalue weighted by molar-refractivity contribution is 0.0697. The summed E-state index contributed by atoms with van der Waals surface area (Å²) in [6.45, 7) is 0. The second-order valence-electron chi connectivity index (χ2n) is 4.85. The topological polar surface area (TPSA) is 128 Å². The van der Waals surface area contributed by atoms with Crippen molar-refractivity contribution in [2.24, 2.45) is 0 Å². The van der Waals surface area contributed by atoms with Gasteiger partial charge in [0.25, 0.3) is 5.91 Å². The Balaban J connectivity index is 2.16. The molecule has 0 aliphatic carbocycles. The lowest BCUT2D eigenvalue weighted by Crippen LogP contribution is -2.19. The number of benzene rings is 2. The number of phenolic OH excluding ortho intramolecular Hbond substituents is 2. The average molecular weight is 316 g/mol. The third-order valence-corrected chi connectivity index (χ3v) is 3.38. The Hall–Kier alpha value is -3.42. The van der Waals surface area contributed by atoms with Crippen LogP contribution in [0.5, 0.6) is 23.0 Å². The van der Waals surface area contributed by atoms with E-state index in [1.807, 2.05) is 0 Å². The van der Waals surface area contributed by atoms with Gasteiger partial charge in [0.2, 0.25) is 0 Å². The number of hydrogen-bond donors (Lipinski definition) is 5. The number of fused-ring (bicyclic) bond motifs is 2. The Labute approximate surface area is 129 Å². The number of ether oxygens (including phenoxy) is 1. The van der Waals surface area contributed by atoms with Gasteiger partial charge in [0.05, 0.1) is 16.9 Å². The molecular formula is C15H12N2O6. The van der Waals surface area contributed by atoms with E-state index in [-0.39, 0.29) is 39.8 Å². The molecule has 0 aromatic heterocycles. The highest BCUT2D eigenvalue weighted by Crippen LogP contribution is 2.47. The maximum atomic E-state index is 11.8. The van der Waals surface area contributed by atoms with Gasteiger partial charge >= 0.3 is 5.97 Å². The van der Waals surface area contributed by atoms with Crippen molar-refractivity contribution in [3.8, 4) is 23.0 Å². The molecule has 23 heavy (non-hydrogen) atoms. The number of carboxylic acids is 1. The molecule has 0 unspecified atom stereocenters. The molecule has 0 fully saturated rings. The van der Waals surface area contributed by atoms with Gasteiger partial charge in [-0.25, -0.2) is 4.79 Å². The first kappa shape index (κ1) is 14.5. The average Bonchev–Trinajstić information content (AvgIpc) is 2.52. The largest absolute Gasteiger partial charge is 0.504 e. The number of carboxylic acid groups (broad SMARTS) is 1. The minimum atomic E-state index is -1.24. The number of rotatable bonds is 2. The molecule has 8 nitrogen and oxygen atoms in total. The van der Waals surface area contributed by atoms with Gasteiger partial charge in [-0.2, -0.15) is 0 Å². The zero-order valence-electron chi connectivity index (χ0n) is 11.9. The number of hydrogen-bond acceptors (Lipinski definition) is 6. The van der Waals surface area contributed by atoms with Crippen LogP contribution >= 0.6 is 0 Å². The van der Waals surface area contributed by atoms with E-state index >= 15 is 0 Å². The molecule has 118 valence electrons. The van der Waals surface area contributed by atoms with Crippen molar-refractivity contribution in [2.45, 2.75) is 0 Å². The lowest BCUT2D eigenvalue weighted by Gasteiger charge is -2.24. The highest BCUT2D eigenvalue weighted by Gasteiger charge is 2.26. The molecule has 8 heteroatoms. The third kappa shape index (κ3) is 2.35. The SMILES string of the molecule is CNC(=O)c1cc2c(c(C(=O)O)c1)Nc1cc(O)c(O)cc1O2. The second-order valence-corrected chi connectivity index (χ2v) is 4.85. The van der Waals surface area contributed by atoms with Crippen molar-refractivity contribution in [3.05, 3.63) is 35.4 Å². The fraction of sp³-hybridized carbons (Fsp3) is 0.0667. The maximum Gasteiger partial charge on any atom is 0.337 e. The van der Waals surface area contributed by atoms with Gasteiger partial charge in [0.15, 0.2) is 23.0 Å². The Morgan fingerprint density at radius 2 is 1.78 bits per heavy atom. The van der Waals surface area contributed by atoms with Crippen LogP contribution in [0.3, 0.4) is 0 Å². The summed E-state index contributed by atoms with van der Waals surface area (Å²) >= 11 is 0. The van der Waals surface area contributed by atoms with Crippen molar-refractivity contribution in [3.63, 3.8) is 0 Å². The Kier molecular flexibility index (Phi) is 3.21. The molecule has 3 rings (SSSR count). The molecule has 0 radical (unpaired) electrons. The van der Waals surface area contributed by atoms with Crippen molar-refractivity contribution in [1.29, 1.82) is 0 Å². The van der Waals surface area contributed by atoms with Crippen LogP contribution < -0.4 is 15.4 Å². The highest BCUT2D eigenvalue weighted by molar-refractivity contribution is 6.03. The van der Waals surface area contributed by atoms with E-state index in [4.69, 9.17) is 4.74 Å². The predicted molar refractivity (Wildman–Crippen MR) is 79.9 cm³/mol. The molecule has 1 amide bonds. The van der Waals surface area contributed by atoms with Gasteiger partial charge in [0, 0.05) is 24.7 Å². The minimum absolute atomic E-state index is 0.122. The Morgan fingerprint density at radius 3 is 2.43 bits per heavy atom. The van der Waals surface area contributed by atoms with Crippen LogP contribution in [0.1, 0.15) is 20.7 Å². The zero-order chi connectivity index (χ0) is 16.7. The van der Waals surface area contributed by atoms with Crippen LogP contribution in [0.15, 0.2) is 24.3 Å². The molecule has 0 saturated heterocycles. The van der Waals surface area contributed by atoms with E-state index < -0.39 is 11.9 Å². The van der Waals surface area contributed by atoms with E-state index in [0.717, 1.165) is 0 Å². The summed E-state index contributed by atoms with van der Waals surface area (Å²) in [6, 6.07) is 5.02. The molecule has 5 N–H and O–H groups in total. The quantitative estimate of drug-likeness (QED) is 0.361. The monoisotopic (exact) mass is 316 g/mol. The summed E-state index contributed by atoms with van der Waals surface area (Å²) in [6.07, 6.45) is 0. The van der Waals surface area contributed by atoms with Gasteiger partial charge < -0.3 is 30.7 Å². The van der Waals surface area contributed by atoms with E-state index in [0.29, 0.717) is 5.69 Å². The van der Waals surface area contributed by atoms with Crippen LogP contribution in [0.25, 0.3) is 0 Å². The molecule has 1 aliphatic rings. The van der Waals surface area contributed by atoms with Gasteiger partial charge in [-0.3, -0.25) is 4.79 Å². The number of phenols is 2. The van der Waals surface area contributed by atoms with Crippen molar-refractivity contribution in [2.75, 3.05) is 12.4 Å². The number of anilines is 2. The molecule has 1 heterocycles. The maximum absolute atomic E-state index is 11.8. The van der Waals surface area contributed by atoms with Crippen LogP contribution in [-0.4, -0.2) is 34.2 Å². The predicted octanol–water partition coefficient (Wildman–Crippen LogP) is 2.00. The van der Waals surface area contributed by atoms with E-state index in [1.54, 1.807) is 0 Å². The molecule has 1 aliphatic heterocycles. The summed E-state index contributed by atoms with van der Waals surface area (Å²) in [5.74, 6) is -2.14. The molecule has 0 spiro atoms. The van der Waals surface area contributed by atoms with E-state index in [1.165, 1.54) is 31.3 Å². The van der Waals surface area contributed by atoms with Crippen LogP contribution in [0.2, 0.25) is 0 Å². The Morgan fingerprint density at radius 1 is 1.09 bits per heavy atom. The zero-order valence-corrected chi connectivity index (χ0v) is 11.9. The first-order valence-corrected chi connectivity index (χ1v) is 6.55. The van der Waals surface area contributed by atoms with Crippen LogP contribution in [-0.2, 0) is 0 Å². The molecule has 2 aromatic rings. The summed E-state index contributed by atoms with van der Waals surface area (Å²) in [5.41, 5.74) is 0.418. The van der Waals surface area contributed by atoms with E-state index in [9.17, 15) is 24.9 Å². The lowest BCUT2D eigenvalue weighted by atomic mass is 10.0. The summed E-state index contributed by atoms with van der Waals surface area (Å²) in [7, 11) is 1.43. The van der Waals surface area contributed by atoms with Crippen LogP contribution in [0, 0.1) is 0 Å². The van der Waals surface area contributed by atoms with Crippen molar-refractivity contribution < 1.29 is 29.6 Å². The van der Waals surface area contributed by atoms with E-state index in [2.05, 4.69) is 10.6 Å².